The Morgan fingerprint density at radius 2 is 1.65 bits per heavy atom. The number of ether oxygens (including phenoxy) is 2. The van der Waals surface area contributed by atoms with Crippen LogP contribution in [0.2, 0.25) is 0 Å². The first kappa shape index (κ1) is 12.2. The minimum atomic E-state index is 0.355. The molecule has 1 heterocycles. The highest BCUT2D eigenvalue weighted by molar-refractivity contribution is 5.44. The number of quaternary nitrogens is 1. The van der Waals surface area contributed by atoms with E-state index in [1.54, 1.807) is 0 Å². The number of nitrogens with zero attached hydrogens (tertiary/aromatic N) is 1. The second kappa shape index (κ2) is 4.96. The molecule has 0 bridgehead atoms. The molecule has 0 spiro atoms. The van der Waals surface area contributed by atoms with Crippen LogP contribution < -0.4 is 9.47 Å². The van der Waals surface area contributed by atoms with Gasteiger partial charge in [0.1, 0.15) is 6.54 Å². The lowest BCUT2D eigenvalue weighted by Crippen LogP contribution is -2.46. The minimum absolute atomic E-state index is 0.355. The fourth-order valence-corrected chi connectivity index (χ4v) is 2.43. The zero-order valence-corrected chi connectivity index (χ0v) is 11.0. The normalized spacial score (nSPS) is 14.1. The van der Waals surface area contributed by atoms with Gasteiger partial charge >= 0.3 is 0 Å². The summed E-state index contributed by atoms with van der Waals surface area (Å²) in [5, 5.41) is 0. The lowest BCUT2D eigenvalue weighted by Gasteiger charge is -2.35. The molecule has 1 aromatic rings. The molecule has 0 N–H and O–H groups in total. The molecular formula is C14H22NO2+. The number of benzene rings is 1. The molecule has 0 fully saturated rings. The summed E-state index contributed by atoms with van der Waals surface area (Å²) >= 11 is 0. The van der Waals surface area contributed by atoms with E-state index in [2.05, 4.69) is 32.9 Å². The highest BCUT2D eigenvalue weighted by Crippen LogP contribution is 2.33. The van der Waals surface area contributed by atoms with Gasteiger partial charge in [-0.05, 0) is 39.0 Å². The monoisotopic (exact) mass is 236 g/mol. The van der Waals surface area contributed by atoms with Crippen LogP contribution in [0.3, 0.4) is 0 Å². The van der Waals surface area contributed by atoms with Gasteiger partial charge in [0.05, 0.1) is 19.6 Å². The van der Waals surface area contributed by atoms with Gasteiger partial charge in [-0.1, -0.05) is 0 Å². The van der Waals surface area contributed by atoms with Gasteiger partial charge in [-0.15, -0.1) is 0 Å². The van der Waals surface area contributed by atoms with Crippen LogP contribution in [-0.2, 0) is 6.54 Å². The van der Waals surface area contributed by atoms with Gasteiger partial charge in [0, 0.05) is 5.56 Å². The molecule has 0 unspecified atom stereocenters. The van der Waals surface area contributed by atoms with Crippen LogP contribution in [0, 0.1) is 0 Å². The van der Waals surface area contributed by atoms with Gasteiger partial charge in [-0.25, -0.2) is 0 Å². The van der Waals surface area contributed by atoms with Crippen molar-refractivity contribution in [1.29, 1.82) is 0 Å². The Morgan fingerprint density at radius 1 is 1.00 bits per heavy atom. The van der Waals surface area contributed by atoms with Gasteiger partial charge in [0.15, 0.2) is 11.5 Å². The van der Waals surface area contributed by atoms with E-state index in [1.807, 2.05) is 6.07 Å². The first-order valence-electron chi connectivity index (χ1n) is 6.46. The summed E-state index contributed by atoms with van der Waals surface area (Å²) in [5.41, 5.74) is 1.33. The molecule has 0 aliphatic carbocycles. The van der Waals surface area contributed by atoms with Crippen molar-refractivity contribution in [2.24, 2.45) is 0 Å². The summed E-state index contributed by atoms with van der Waals surface area (Å²) in [6.07, 6.45) is 0. The molecule has 3 nitrogen and oxygen atoms in total. The lowest BCUT2D eigenvalue weighted by atomic mass is 10.1. The maximum Gasteiger partial charge on any atom is 0.231 e. The number of hydrogen-bond acceptors (Lipinski definition) is 2. The van der Waals surface area contributed by atoms with Crippen LogP contribution in [0.5, 0.6) is 11.5 Å². The van der Waals surface area contributed by atoms with E-state index in [-0.39, 0.29) is 0 Å². The van der Waals surface area contributed by atoms with Crippen molar-refractivity contribution in [3.63, 3.8) is 0 Å². The molecule has 1 aliphatic rings. The molecule has 0 saturated heterocycles. The Kier molecular flexibility index (Phi) is 3.57. The third kappa shape index (κ3) is 2.39. The van der Waals surface area contributed by atoms with Crippen molar-refractivity contribution in [1.82, 2.24) is 0 Å². The second-order valence-corrected chi connectivity index (χ2v) is 4.64. The van der Waals surface area contributed by atoms with Crippen molar-refractivity contribution in [3.8, 4) is 11.5 Å². The van der Waals surface area contributed by atoms with Crippen LogP contribution in [0.1, 0.15) is 26.3 Å². The molecule has 1 aromatic carbocycles. The Balaban J connectivity index is 2.18. The third-order valence-corrected chi connectivity index (χ3v) is 3.97. The van der Waals surface area contributed by atoms with Gasteiger partial charge in [-0.2, -0.15) is 0 Å². The van der Waals surface area contributed by atoms with E-state index in [0.717, 1.165) is 22.5 Å². The minimum Gasteiger partial charge on any atom is -0.454 e. The lowest BCUT2D eigenvalue weighted by molar-refractivity contribution is -0.936. The average molecular weight is 236 g/mol. The molecule has 0 amide bonds. The van der Waals surface area contributed by atoms with Crippen molar-refractivity contribution in [2.45, 2.75) is 27.3 Å². The number of hydrogen-bond donors (Lipinski definition) is 0. The number of fused-ring (bicyclic) bond motifs is 1. The van der Waals surface area contributed by atoms with Crippen LogP contribution in [0.4, 0.5) is 0 Å². The maximum absolute atomic E-state index is 5.43. The van der Waals surface area contributed by atoms with Crippen molar-refractivity contribution >= 4 is 0 Å². The van der Waals surface area contributed by atoms with E-state index < -0.39 is 0 Å². The molecule has 0 saturated carbocycles. The van der Waals surface area contributed by atoms with E-state index in [1.165, 1.54) is 25.2 Å². The average Bonchev–Trinajstić information content (AvgIpc) is 2.83. The Bertz CT molecular complexity index is 378. The highest BCUT2D eigenvalue weighted by atomic mass is 16.7. The maximum atomic E-state index is 5.43. The Hall–Kier alpha value is -1.22. The fourth-order valence-electron chi connectivity index (χ4n) is 2.43. The van der Waals surface area contributed by atoms with Crippen LogP contribution in [-0.4, -0.2) is 30.9 Å². The van der Waals surface area contributed by atoms with E-state index >= 15 is 0 Å². The van der Waals surface area contributed by atoms with Crippen LogP contribution in [0.25, 0.3) is 0 Å². The summed E-state index contributed by atoms with van der Waals surface area (Å²) in [6.45, 7) is 11.7. The smallest absolute Gasteiger partial charge is 0.231 e. The summed E-state index contributed by atoms with van der Waals surface area (Å²) in [7, 11) is 0. The Labute approximate surface area is 104 Å². The van der Waals surface area contributed by atoms with Crippen molar-refractivity contribution in [3.05, 3.63) is 23.8 Å². The van der Waals surface area contributed by atoms with E-state index in [9.17, 15) is 0 Å². The molecule has 0 aromatic heterocycles. The molecule has 2 rings (SSSR count). The quantitative estimate of drug-likeness (QED) is 0.732. The summed E-state index contributed by atoms with van der Waals surface area (Å²) < 4.78 is 11.9. The molecule has 94 valence electrons. The molecule has 0 radical (unpaired) electrons. The first-order chi connectivity index (χ1) is 8.23. The predicted octanol–water partition coefficient (Wildman–Crippen LogP) is 2.79. The van der Waals surface area contributed by atoms with Gasteiger partial charge in [0.25, 0.3) is 0 Å². The predicted molar refractivity (Wildman–Crippen MR) is 68.2 cm³/mol. The fraction of sp³-hybridized carbons (Fsp3) is 0.571. The molecular weight excluding hydrogens is 214 g/mol. The zero-order valence-electron chi connectivity index (χ0n) is 11.0. The van der Waals surface area contributed by atoms with Crippen LogP contribution in [0.15, 0.2) is 18.2 Å². The largest absolute Gasteiger partial charge is 0.454 e. The van der Waals surface area contributed by atoms with Gasteiger partial charge in [-0.3, -0.25) is 0 Å². The standard InChI is InChI=1S/C14H22NO2/c1-4-15(5-2,6-3)10-12-7-8-13-14(9-12)17-11-16-13/h7-9H,4-6,10-11H2,1-3H3/q+1. The second-order valence-electron chi connectivity index (χ2n) is 4.64. The topological polar surface area (TPSA) is 18.5 Å². The Morgan fingerprint density at radius 3 is 2.29 bits per heavy atom. The first-order valence-corrected chi connectivity index (χ1v) is 6.46. The third-order valence-electron chi connectivity index (χ3n) is 3.97. The van der Waals surface area contributed by atoms with Crippen molar-refractivity contribution in [2.75, 3.05) is 26.4 Å². The summed E-state index contributed by atoms with van der Waals surface area (Å²) in [6, 6.07) is 6.30. The molecule has 1 aliphatic heterocycles. The van der Waals surface area contributed by atoms with E-state index in [4.69, 9.17) is 9.47 Å². The van der Waals surface area contributed by atoms with E-state index in [0.29, 0.717) is 6.79 Å². The molecule has 3 heteroatoms. The van der Waals surface area contributed by atoms with Crippen LogP contribution >= 0.6 is 0 Å². The molecule has 17 heavy (non-hydrogen) atoms. The SMILES string of the molecule is CC[N+](CC)(CC)Cc1ccc2c(c1)OCO2. The summed E-state index contributed by atoms with van der Waals surface area (Å²) in [5.74, 6) is 1.76. The highest BCUT2D eigenvalue weighted by Gasteiger charge is 2.22. The zero-order chi connectivity index (χ0) is 12.3. The van der Waals surface area contributed by atoms with Crippen molar-refractivity contribution < 1.29 is 14.0 Å². The number of rotatable bonds is 5. The van der Waals surface area contributed by atoms with Gasteiger partial charge in [0.2, 0.25) is 6.79 Å². The summed E-state index contributed by atoms with van der Waals surface area (Å²) in [4.78, 5) is 0. The molecule has 0 atom stereocenters. The van der Waals surface area contributed by atoms with Gasteiger partial charge < -0.3 is 14.0 Å².